The van der Waals surface area contributed by atoms with Crippen molar-refractivity contribution in [1.29, 1.82) is 0 Å². The van der Waals surface area contributed by atoms with Crippen LogP contribution in [-0.4, -0.2) is 35.1 Å². The molecule has 0 bridgehead atoms. The molecule has 96 valence electrons. The number of nitrogens with zero attached hydrogens (tertiary/aromatic N) is 1. The predicted octanol–water partition coefficient (Wildman–Crippen LogP) is 2.05. The molecule has 0 unspecified atom stereocenters. The number of aliphatic hydroxyl groups excluding tert-OH is 1. The van der Waals surface area contributed by atoms with Crippen molar-refractivity contribution in [3.63, 3.8) is 0 Å². The van der Waals surface area contributed by atoms with Gasteiger partial charge in [0.25, 0.3) is 5.91 Å². The van der Waals surface area contributed by atoms with Crippen LogP contribution in [0, 0.1) is 20.8 Å². The standard InChI is InChI=1S/C13H21NO3/c1-8(2)14(6-7-15)13(16)12-9(3)10(4)17-11(12)5/h8,15H,6-7H2,1-5H3. The normalized spacial score (nSPS) is 11.0. The molecule has 0 spiro atoms. The second-order valence-corrected chi connectivity index (χ2v) is 4.53. The van der Waals surface area contributed by atoms with Gasteiger partial charge < -0.3 is 14.4 Å². The monoisotopic (exact) mass is 239 g/mol. The molecule has 0 saturated heterocycles. The smallest absolute Gasteiger partial charge is 0.257 e. The van der Waals surface area contributed by atoms with Gasteiger partial charge in [0.2, 0.25) is 0 Å². The summed E-state index contributed by atoms with van der Waals surface area (Å²) in [5, 5.41) is 9.01. The van der Waals surface area contributed by atoms with Crippen molar-refractivity contribution in [2.75, 3.05) is 13.2 Å². The topological polar surface area (TPSA) is 53.7 Å². The lowest BCUT2D eigenvalue weighted by Gasteiger charge is -2.26. The Labute approximate surface area is 102 Å². The lowest BCUT2D eigenvalue weighted by atomic mass is 10.1. The van der Waals surface area contributed by atoms with Gasteiger partial charge in [-0.2, -0.15) is 0 Å². The Kier molecular flexibility index (Phi) is 4.34. The molecule has 0 atom stereocenters. The van der Waals surface area contributed by atoms with Crippen LogP contribution in [0.2, 0.25) is 0 Å². The molecule has 1 aromatic rings. The van der Waals surface area contributed by atoms with Crippen molar-refractivity contribution < 1.29 is 14.3 Å². The summed E-state index contributed by atoms with van der Waals surface area (Å²) in [4.78, 5) is 14.0. The fourth-order valence-corrected chi connectivity index (χ4v) is 1.95. The fraction of sp³-hybridized carbons (Fsp3) is 0.615. The van der Waals surface area contributed by atoms with Gasteiger partial charge in [-0.3, -0.25) is 4.79 Å². The minimum Gasteiger partial charge on any atom is -0.466 e. The SMILES string of the molecule is Cc1oc(C)c(C(=O)N(CCO)C(C)C)c1C. The van der Waals surface area contributed by atoms with Crippen LogP contribution in [0.4, 0.5) is 0 Å². The van der Waals surface area contributed by atoms with Crippen LogP contribution in [0.5, 0.6) is 0 Å². The third-order valence-electron chi connectivity index (χ3n) is 3.00. The summed E-state index contributed by atoms with van der Waals surface area (Å²) >= 11 is 0. The van der Waals surface area contributed by atoms with Crippen LogP contribution in [0.15, 0.2) is 4.42 Å². The van der Waals surface area contributed by atoms with Gasteiger partial charge in [-0.15, -0.1) is 0 Å². The first-order chi connectivity index (χ1) is 7.90. The van der Waals surface area contributed by atoms with E-state index < -0.39 is 0 Å². The molecule has 0 radical (unpaired) electrons. The highest BCUT2D eigenvalue weighted by atomic mass is 16.3. The number of hydrogen-bond donors (Lipinski definition) is 1. The first-order valence-corrected chi connectivity index (χ1v) is 5.88. The van der Waals surface area contributed by atoms with Gasteiger partial charge in [-0.1, -0.05) is 0 Å². The van der Waals surface area contributed by atoms with E-state index in [1.54, 1.807) is 11.8 Å². The number of carbonyl (C=O) groups excluding carboxylic acids is 1. The molecule has 0 fully saturated rings. The maximum absolute atomic E-state index is 12.4. The number of aliphatic hydroxyl groups is 1. The number of furan rings is 1. The molecular formula is C13H21NO3. The van der Waals surface area contributed by atoms with Gasteiger partial charge in [0.1, 0.15) is 11.5 Å². The van der Waals surface area contributed by atoms with E-state index in [1.165, 1.54) is 0 Å². The average Bonchev–Trinajstić information content (AvgIpc) is 2.48. The maximum atomic E-state index is 12.4. The average molecular weight is 239 g/mol. The van der Waals surface area contributed by atoms with E-state index in [9.17, 15) is 4.79 Å². The molecule has 1 aromatic heterocycles. The van der Waals surface area contributed by atoms with Crippen molar-refractivity contribution in [1.82, 2.24) is 4.90 Å². The van der Waals surface area contributed by atoms with Gasteiger partial charge in [0, 0.05) is 18.2 Å². The summed E-state index contributed by atoms with van der Waals surface area (Å²) in [6, 6.07) is 0.0589. The molecule has 0 aliphatic rings. The molecule has 0 saturated carbocycles. The molecule has 17 heavy (non-hydrogen) atoms. The highest BCUT2D eigenvalue weighted by molar-refractivity contribution is 5.97. The Morgan fingerprint density at radius 3 is 2.24 bits per heavy atom. The zero-order valence-electron chi connectivity index (χ0n) is 11.2. The highest BCUT2D eigenvalue weighted by Gasteiger charge is 2.24. The number of rotatable bonds is 4. The molecule has 1 N–H and O–H groups in total. The van der Waals surface area contributed by atoms with Crippen molar-refractivity contribution >= 4 is 5.91 Å². The summed E-state index contributed by atoms with van der Waals surface area (Å²) in [7, 11) is 0. The van der Waals surface area contributed by atoms with Crippen LogP contribution >= 0.6 is 0 Å². The van der Waals surface area contributed by atoms with E-state index in [4.69, 9.17) is 9.52 Å². The van der Waals surface area contributed by atoms with Crippen molar-refractivity contribution in [3.8, 4) is 0 Å². The summed E-state index contributed by atoms with van der Waals surface area (Å²) in [6.45, 7) is 9.72. The second kappa shape index (κ2) is 5.36. The molecule has 4 nitrogen and oxygen atoms in total. The van der Waals surface area contributed by atoms with E-state index in [0.717, 1.165) is 11.3 Å². The van der Waals surface area contributed by atoms with E-state index in [-0.39, 0.29) is 18.6 Å². The number of amides is 1. The van der Waals surface area contributed by atoms with E-state index in [2.05, 4.69) is 0 Å². The Bertz CT molecular complexity index is 407. The minimum absolute atomic E-state index is 0.0289. The van der Waals surface area contributed by atoms with Crippen LogP contribution in [0.1, 0.15) is 41.3 Å². The van der Waals surface area contributed by atoms with Crippen LogP contribution < -0.4 is 0 Å². The largest absolute Gasteiger partial charge is 0.466 e. The molecule has 0 aliphatic heterocycles. The lowest BCUT2D eigenvalue weighted by molar-refractivity contribution is 0.0663. The molecular weight excluding hydrogens is 218 g/mol. The third kappa shape index (κ3) is 2.69. The van der Waals surface area contributed by atoms with Crippen LogP contribution in [-0.2, 0) is 0 Å². The number of aryl methyl sites for hydroxylation is 2. The van der Waals surface area contributed by atoms with Crippen molar-refractivity contribution in [2.45, 2.75) is 40.7 Å². The van der Waals surface area contributed by atoms with Crippen molar-refractivity contribution in [2.24, 2.45) is 0 Å². The summed E-state index contributed by atoms with van der Waals surface area (Å²) in [5.74, 6) is 1.35. The maximum Gasteiger partial charge on any atom is 0.257 e. The summed E-state index contributed by atoms with van der Waals surface area (Å²) in [5.41, 5.74) is 1.51. The van der Waals surface area contributed by atoms with Crippen LogP contribution in [0.25, 0.3) is 0 Å². The Morgan fingerprint density at radius 1 is 1.29 bits per heavy atom. The number of carbonyl (C=O) groups is 1. The van der Waals surface area contributed by atoms with Gasteiger partial charge >= 0.3 is 0 Å². The molecule has 4 heteroatoms. The molecule has 1 amide bonds. The molecule has 0 aliphatic carbocycles. The van der Waals surface area contributed by atoms with E-state index in [1.807, 2.05) is 27.7 Å². The summed E-state index contributed by atoms with van der Waals surface area (Å²) < 4.78 is 5.46. The molecule has 0 aromatic carbocycles. The second-order valence-electron chi connectivity index (χ2n) is 4.53. The Morgan fingerprint density at radius 2 is 1.88 bits per heavy atom. The molecule has 1 rings (SSSR count). The number of hydrogen-bond acceptors (Lipinski definition) is 3. The van der Waals surface area contributed by atoms with Gasteiger partial charge in [-0.25, -0.2) is 0 Å². The third-order valence-corrected chi connectivity index (χ3v) is 3.00. The zero-order chi connectivity index (χ0) is 13.2. The predicted molar refractivity (Wildman–Crippen MR) is 66.2 cm³/mol. The van der Waals surface area contributed by atoms with Gasteiger partial charge in [0.05, 0.1) is 12.2 Å². The Hall–Kier alpha value is -1.29. The lowest BCUT2D eigenvalue weighted by Crippen LogP contribution is -2.39. The Balaban J connectivity index is 3.09. The fourth-order valence-electron chi connectivity index (χ4n) is 1.95. The summed E-state index contributed by atoms with van der Waals surface area (Å²) in [6.07, 6.45) is 0. The van der Waals surface area contributed by atoms with E-state index in [0.29, 0.717) is 17.9 Å². The van der Waals surface area contributed by atoms with Crippen LogP contribution in [0.3, 0.4) is 0 Å². The first-order valence-electron chi connectivity index (χ1n) is 5.88. The highest BCUT2D eigenvalue weighted by Crippen LogP contribution is 2.23. The molecule has 1 heterocycles. The zero-order valence-corrected chi connectivity index (χ0v) is 11.2. The van der Waals surface area contributed by atoms with E-state index >= 15 is 0 Å². The van der Waals surface area contributed by atoms with Gasteiger partial charge in [0.15, 0.2) is 0 Å². The van der Waals surface area contributed by atoms with Gasteiger partial charge in [-0.05, 0) is 34.6 Å². The van der Waals surface area contributed by atoms with Crippen molar-refractivity contribution in [3.05, 3.63) is 22.6 Å². The first kappa shape index (κ1) is 13.8. The minimum atomic E-state index is -0.0686. The quantitative estimate of drug-likeness (QED) is 0.874.